The van der Waals surface area contributed by atoms with Gasteiger partial charge in [0.05, 0.1) is 17.8 Å². The molecule has 0 fully saturated rings. The zero-order chi connectivity index (χ0) is 14.6. The molecule has 0 radical (unpaired) electrons. The molecule has 3 N–H and O–H groups in total. The number of nitrogens with two attached hydrogens (primary N) is 1. The molecule has 0 aromatic heterocycles. The molecule has 1 rings (SSSR count). The van der Waals surface area contributed by atoms with Crippen LogP contribution in [0.5, 0.6) is 0 Å². The molecule has 0 saturated carbocycles. The Morgan fingerprint density at radius 1 is 1.37 bits per heavy atom. The molecule has 1 amide bonds. The third kappa shape index (κ3) is 3.86. The normalized spacial score (nSPS) is 12.1. The molecule has 0 saturated heterocycles. The van der Waals surface area contributed by atoms with Crippen LogP contribution in [0.3, 0.4) is 0 Å². The highest BCUT2D eigenvalue weighted by Gasteiger charge is 2.23. The quantitative estimate of drug-likeness (QED) is 0.811. The first kappa shape index (κ1) is 15.3. The van der Waals surface area contributed by atoms with Gasteiger partial charge >= 0.3 is 5.97 Å². The van der Waals surface area contributed by atoms with Gasteiger partial charge in [-0.1, -0.05) is 25.4 Å². The van der Waals surface area contributed by atoms with Crippen molar-refractivity contribution >= 4 is 29.2 Å². The molecule has 5 nitrogen and oxygen atoms in total. The van der Waals surface area contributed by atoms with Gasteiger partial charge in [0.2, 0.25) is 5.91 Å². The van der Waals surface area contributed by atoms with Gasteiger partial charge in [-0.15, -0.1) is 0 Å². The number of hydrogen-bond donors (Lipinski definition) is 2. The largest absolute Gasteiger partial charge is 0.467 e. The van der Waals surface area contributed by atoms with Crippen molar-refractivity contribution in [2.75, 3.05) is 12.4 Å². The lowest BCUT2D eigenvalue weighted by molar-refractivity contribution is -0.142. The van der Waals surface area contributed by atoms with E-state index in [1.807, 2.05) is 13.8 Å². The molecule has 0 aliphatic rings. The van der Waals surface area contributed by atoms with Gasteiger partial charge in [0, 0.05) is 5.56 Å². The van der Waals surface area contributed by atoms with Gasteiger partial charge in [-0.25, -0.2) is 4.79 Å². The van der Waals surface area contributed by atoms with Crippen LogP contribution in [0.25, 0.3) is 0 Å². The zero-order valence-corrected chi connectivity index (χ0v) is 11.8. The van der Waals surface area contributed by atoms with Gasteiger partial charge < -0.3 is 15.8 Å². The number of halogens is 1. The maximum atomic E-state index is 11.6. The topological polar surface area (TPSA) is 81.4 Å². The van der Waals surface area contributed by atoms with Gasteiger partial charge in [-0.3, -0.25) is 4.79 Å². The van der Waals surface area contributed by atoms with Crippen molar-refractivity contribution < 1.29 is 14.3 Å². The molecule has 1 atom stereocenters. The number of carbonyl (C=O) groups is 2. The summed E-state index contributed by atoms with van der Waals surface area (Å²) >= 11 is 6.05. The molecular formula is C13H17ClN2O3. The molecule has 1 aromatic rings. The summed E-state index contributed by atoms with van der Waals surface area (Å²) in [5.41, 5.74) is 6.03. The second-order valence-corrected chi connectivity index (χ2v) is 4.86. The molecule has 1 aromatic carbocycles. The van der Waals surface area contributed by atoms with E-state index in [4.69, 9.17) is 22.1 Å². The number of amides is 1. The van der Waals surface area contributed by atoms with Gasteiger partial charge in [-0.05, 0) is 24.1 Å². The minimum absolute atomic E-state index is 0.0272. The van der Waals surface area contributed by atoms with Crippen LogP contribution in [0.1, 0.15) is 24.2 Å². The van der Waals surface area contributed by atoms with E-state index in [1.54, 1.807) is 12.1 Å². The summed E-state index contributed by atoms with van der Waals surface area (Å²) in [6.07, 6.45) is 0. The number of anilines is 1. The smallest absolute Gasteiger partial charge is 0.328 e. The van der Waals surface area contributed by atoms with E-state index in [0.717, 1.165) is 0 Å². The SMILES string of the molecule is COC(=O)C(Nc1ccc(C(N)=O)cc1Cl)C(C)C. The van der Waals surface area contributed by atoms with E-state index in [9.17, 15) is 9.59 Å². The third-order valence-corrected chi connectivity index (χ3v) is 3.00. The Morgan fingerprint density at radius 2 is 2.00 bits per heavy atom. The Hall–Kier alpha value is -1.75. The van der Waals surface area contributed by atoms with E-state index in [2.05, 4.69) is 5.32 Å². The molecule has 0 heterocycles. The fourth-order valence-electron chi connectivity index (χ4n) is 1.58. The molecular weight excluding hydrogens is 268 g/mol. The molecule has 0 aliphatic carbocycles. The van der Waals surface area contributed by atoms with Crippen LogP contribution in [0.15, 0.2) is 18.2 Å². The lowest BCUT2D eigenvalue weighted by Gasteiger charge is -2.21. The van der Waals surface area contributed by atoms with Crippen LogP contribution >= 0.6 is 11.6 Å². The van der Waals surface area contributed by atoms with Gasteiger partial charge in [0.1, 0.15) is 6.04 Å². The monoisotopic (exact) mass is 284 g/mol. The summed E-state index contributed by atoms with van der Waals surface area (Å²) in [4.78, 5) is 22.7. The third-order valence-electron chi connectivity index (χ3n) is 2.69. The molecule has 1 unspecified atom stereocenters. The van der Waals surface area contributed by atoms with Gasteiger partial charge in [0.15, 0.2) is 0 Å². The van der Waals surface area contributed by atoms with E-state index >= 15 is 0 Å². The van der Waals surface area contributed by atoms with E-state index in [-0.39, 0.29) is 11.9 Å². The molecule has 104 valence electrons. The van der Waals surface area contributed by atoms with Crippen LogP contribution in [0.2, 0.25) is 5.02 Å². The summed E-state index contributed by atoms with van der Waals surface area (Å²) < 4.78 is 4.73. The summed E-state index contributed by atoms with van der Waals surface area (Å²) in [6.45, 7) is 3.78. The number of rotatable bonds is 5. The van der Waals surface area contributed by atoms with Crippen molar-refractivity contribution in [3.8, 4) is 0 Å². The van der Waals surface area contributed by atoms with Crippen LogP contribution < -0.4 is 11.1 Å². The number of primary amides is 1. The summed E-state index contributed by atoms with van der Waals surface area (Å²) in [6, 6.07) is 4.11. The predicted molar refractivity (Wildman–Crippen MR) is 74.2 cm³/mol. The summed E-state index contributed by atoms with van der Waals surface area (Å²) in [5, 5.41) is 3.33. The molecule has 6 heteroatoms. The first-order valence-corrected chi connectivity index (χ1v) is 6.18. The first-order chi connectivity index (χ1) is 8.86. The van der Waals surface area contributed by atoms with Crippen LogP contribution in [0.4, 0.5) is 5.69 Å². The predicted octanol–water partition coefficient (Wildman–Crippen LogP) is 2.05. The number of esters is 1. The van der Waals surface area contributed by atoms with Crippen molar-refractivity contribution in [3.05, 3.63) is 28.8 Å². The van der Waals surface area contributed by atoms with E-state index < -0.39 is 11.9 Å². The minimum atomic E-state index is -0.554. The average molecular weight is 285 g/mol. The molecule has 0 aliphatic heterocycles. The summed E-state index contributed by atoms with van der Waals surface area (Å²) in [7, 11) is 1.33. The molecule has 19 heavy (non-hydrogen) atoms. The number of nitrogens with one attached hydrogen (secondary N) is 1. The number of carbonyl (C=O) groups excluding carboxylic acids is 2. The standard InChI is InChI=1S/C13H17ClN2O3/c1-7(2)11(13(18)19-3)16-10-5-4-8(12(15)17)6-9(10)14/h4-7,11,16H,1-3H3,(H2,15,17). The zero-order valence-electron chi connectivity index (χ0n) is 11.1. The number of ether oxygens (including phenoxy) is 1. The summed E-state index contributed by atoms with van der Waals surface area (Å²) in [5.74, 6) is -0.897. The lowest BCUT2D eigenvalue weighted by atomic mass is 10.0. The van der Waals surface area contributed by atoms with Crippen molar-refractivity contribution in [2.24, 2.45) is 11.7 Å². The minimum Gasteiger partial charge on any atom is -0.467 e. The van der Waals surface area contributed by atoms with Crippen molar-refractivity contribution in [1.82, 2.24) is 0 Å². The fraction of sp³-hybridized carbons (Fsp3) is 0.385. The Bertz CT molecular complexity index is 489. The van der Waals surface area contributed by atoms with Crippen molar-refractivity contribution in [2.45, 2.75) is 19.9 Å². The maximum absolute atomic E-state index is 11.6. The number of hydrogen-bond acceptors (Lipinski definition) is 4. The van der Waals surface area contributed by atoms with Crippen LogP contribution in [0, 0.1) is 5.92 Å². The molecule has 0 spiro atoms. The number of methoxy groups -OCH3 is 1. The van der Waals surface area contributed by atoms with Gasteiger partial charge in [-0.2, -0.15) is 0 Å². The first-order valence-electron chi connectivity index (χ1n) is 5.80. The van der Waals surface area contributed by atoms with Crippen LogP contribution in [-0.4, -0.2) is 25.0 Å². The number of benzene rings is 1. The average Bonchev–Trinajstić information content (AvgIpc) is 2.35. The van der Waals surface area contributed by atoms with Crippen molar-refractivity contribution in [1.29, 1.82) is 0 Å². The van der Waals surface area contributed by atoms with E-state index in [1.165, 1.54) is 13.2 Å². The van der Waals surface area contributed by atoms with Gasteiger partial charge in [0.25, 0.3) is 0 Å². The second-order valence-electron chi connectivity index (χ2n) is 4.45. The van der Waals surface area contributed by atoms with E-state index in [0.29, 0.717) is 16.3 Å². The van der Waals surface area contributed by atoms with Crippen molar-refractivity contribution in [3.63, 3.8) is 0 Å². The highest BCUT2D eigenvalue weighted by Crippen LogP contribution is 2.25. The molecule has 0 bridgehead atoms. The van der Waals surface area contributed by atoms with Crippen LogP contribution in [-0.2, 0) is 9.53 Å². The Labute approximate surface area is 117 Å². The lowest BCUT2D eigenvalue weighted by Crippen LogP contribution is -2.35. The highest BCUT2D eigenvalue weighted by molar-refractivity contribution is 6.33. The fourth-order valence-corrected chi connectivity index (χ4v) is 1.81. The Kier molecular flexibility index (Phi) is 5.18. The highest BCUT2D eigenvalue weighted by atomic mass is 35.5. The Morgan fingerprint density at radius 3 is 2.42 bits per heavy atom. The Balaban J connectivity index is 2.97. The second kappa shape index (κ2) is 6.43. The maximum Gasteiger partial charge on any atom is 0.328 e.